The molecule has 0 bridgehead atoms. The lowest BCUT2D eigenvalue weighted by molar-refractivity contribution is 0.102. The van der Waals surface area contributed by atoms with Gasteiger partial charge in [-0.05, 0) is 35.4 Å². The SMILES string of the molecule is COc1ccc(COC[C@@H]2O[C@@H]2C(O)[C@@H]2O[C@@H]2COCc2ccc(OC)cc2)cc1. The Bertz CT molecular complexity index is 725. The third-order valence-corrected chi connectivity index (χ3v) is 5.34. The molecule has 2 heterocycles. The van der Waals surface area contributed by atoms with Gasteiger partial charge in [0, 0.05) is 0 Å². The monoisotopic (exact) mass is 416 g/mol. The highest BCUT2D eigenvalue weighted by atomic mass is 16.7. The van der Waals surface area contributed by atoms with E-state index in [1.165, 1.54) is 0 Å². The molecular weight excluding hydrogens is 388 g/mol. The Morgan fingerprint density at radius 1 is 0.733 bits per heavy atom. The molecule has 4 rings (SSSR count). The maximum absolute atomic E-state index is 10.4. The molecule has 2 saturated heterocycles. The van der Waals surface area contributed by atoms with Crippen LogP contribution in [-0.4, -0.2) is 63.1 Å². The zero-order chi connectivity index (χ0) is 20.9. The van der Waals surface area contributed by atoms with Crippen LogP contribution in [0.25, 0.3) is 0 Å². The van der Waals surface area contributed by atoms with Gasteiger partial charge in [-0.2, -0.15) is 0 Å². The second-order valence-electron chi connectivity index (χ2n) is 7.50. The van der Waals surface area contributed by atoms with Crippen LogP contribution >= 0.6 is 0 Å². The zero-order valence-corrected chi connectivity index (χ0v) is 17.2. The summed E-state index contributed by atoms with van der Waals surface area (Å²) in [6, 6.07) is 15.5. The van der Waals surface area contributed by atoms with E-state index in [4.69, 9.17) is 28.4 Å². The van der Waals surface area contributed by atoms with E-state index in [1.54, 1.807) is 14.2 Å². The van der Waals surface area contributed by atoms with Crippen LogP contribution in [0.15, 0.2) is 48.5 Å². The number of rotatable bonds is 12. The molecule has 2 aromatic carbocycles. The topological polar surface area (TPSA) is 82.2 Å². The number of methoxy groups -OCH3 is 2. The van der Waals surface area contributed by atoms with Crippen LogP contribution in [0.2, 0.25) is 0 Å². The summed E-state index contributed by atoms with van der Waals surface area (Å²) in [5.74, 6) is 1.64. The summed E-state index contributed by atoms with van der Waals surface area (Å²) in [6.07, 6.45) is -1.32. The predicted octanol–water partition coefficient (Wildman–Crippen LogP) is 2.33. The van der Waals surface area contributed by atoms with Crippen molar-refractivity contribution in [1.29, 1.82) is 0 Å². The summed E-state index contributed by atoms with van der Waals surface area (Å²) in [6.45, 7) is 1.88. The Balaban J connectivity index is 1.10. The number of ether oxygens (including phenoxy) is 6. The van der Waals surface area contributed by atoms with Crippen molar-refractivity contribution < 1.29 is 33.5 Å². The molecule has 2 aliphatic rings. The van der Waals surface area contributed by atoms with E-state index < -0.39 is 6.10 Å². The quantitative estimate of drug-likeness (QED) is 0.532. The average Bonchev–Trinajstić information content (AvgIpc) is 3.70. The molecule has 7 nitrogen and oxygen atoms in total. The first-order chi connectivity index (χ1) is 14.7. The van der Waals surface area contributed by atoms with Gasteiger partial charge < -0.3 is 33.5 Å². The minimum atomic E-state index is -0.658. The Morgan fingerprint density at radius 2 is 1.13 bits per heavy atom. The van der Waals surface area contributed by atoms with E-state index >= 15 is 0 Å². The molecule has 0 saturated carbocycles. The molecule has 1 unspecified atom stereocenters. The van der Waals surface area contributed by atoms with E-state index in [0.29, 0.717) is 26.4 Å². The van der Waals surface area contributed by atoms with Crippen LogP contribution in [0.5, 0.6) is 11.5 Å². The molecule has 2 aliphatic heterocycles. The molecule has 7 heteroatoms. The van der Waals surface area contributed by atoms with Crippen molar-refractivity contribution in [2.45, 2.75) is 43.7 Å². The zero-order valence-electron chi connectivity index (χ0n) is 17.2. The number of epoxide rings is 2. The Labute approximate surface area is 176 Å². The molecule has 5 atom stereocenters. The second kappa shape index (κ2) is 9.76. The summed E-state index contributed by atoms with van der Waals surface area (Å²) in [7, 11) is 3.28. The molecule has 30 heavy (non-hydrogen) atoms. The number of hydrogen-bond acceptors (Lipinski definition) is 7. The fourth-order valence-electron chi connectivity index (χ4n) is 3.40. The third kappa shape index (κ3) is 5.50. The molecule has 0 spiro atoms. The lowest BCUT2D eigenvalue weighted by Crippen LogP contribution is -2.27. The van der Waals surface area contributed by atoms with Gasteiger partial charge in [-0.3, -0.25) is 0 Å². The first-order valence-corrected chi connectivity index (χ1v) is 10.1. The largest absolute Gasteiger partial charge is 0.497 e. The Hall–Kier alpha value is -2.16. The smallest absolute Gasteiger partial charge is 0.118 e. The van der Waals surface area contributed by atoms with Crippen LogP contribution in [-0.2, 0) is 32.2 Å². The van der Waals surface area contributed by atoms with Gasteiger partial charge >= 0.3 is 0 Å². The average molecular weight is 416 g/mol. The van der Waals surface area contributed by atoms with Crippen LogP contribution < -0.4 is 9.47 Å². The van der Waals surface area contributed by atoms with Crippen LogP contribution in [0, 0.1) is 0 Å². The summed E-state index contributed by atoms with van der Waals surface area (Å²) in [5, 5.41) is 10.4. The van der Waals surface area contributed by atoms with E-state index in [9.17, 15) is 5.11 Å². The van der Waals surface area contributed by atoms with Crippen molar-refractivity contribution in [2.24, 2.45) is 0 Å². The highest BCUT2D eigenvalue weighted by molar-refractivity contribution is 5.27. The highest BCUT2D eigenvalue weighted by Gasteiger charge is 2.55. The lowest BCUT2D eigenvalue weighted by atomic mass is 10.1. The summed E-state index contributed by atoms with van der Waals surface area (Å²) < 4.78 is 32.8. The maximum atomic E-state index is 10.4. The Kier molecular flexibility index (Phi) is 6.86. The van der Waals surface area contributed by atoms with Crippen molar-refractivity contribution in [2.75, 3.05) is 27.4 Å². The van der Waals surface area contributed by atoms with Crippen molar-refractivity contribution in [3.05, 3.63) is 59.7 Å². The van der Waals surface area contributed by atoms with Crippen LogP contribution in [0.4, 0.5) is 0 Å². The number of hydrogen-bond donors (Lipinski definition) is 1. The molecular formula is C23H28O7. The molecule has 0 aromatic heterocycles. The van der Waals surface area contributed by atoms with Gasteiger partial charge in [-0.1, -0.05) is 24.3 Å². The van der Waals surface area contributed by atoms with Crippen molar-refractivity contribution in [1.82, 2.24) is 0 Å². The number of aliphatic hydroxyl groups excluding tert-OH is 1. The minimum absolute atomic E-state index is 0.0942. The van der Waals surface area contributed by atoms with Gasteiger partial charge in [0.15, 0.2) is 0 Å². The van der Waals surface area contributed by atoms with E-state index in [-0.39, 0.29) is 24.4 Å². The molecule has 162 valence electrons. The summed E-state index contributed by atoms with van der Waals surface area (Å²) in [4.78, 5) is 0. The van der Waals surface area contributed by atoms with E-state index in [1.807, 2.05) is 48.5 Å². The molecule has 0 radical (unpaired) electrons. The van der Waals surface area contributed by atoms with Gasteiger partial charge in [0.25, 0.3) is 0 Å². The number of benzene rings is 2. The van der Waals surface area contributed by atoms with E-state index in [2.05, 4.69) is 0 Å². The molecule has 1 N–H and O–H groups in total. The van der Waals surface area contributed by atoms with Crippen molar-refractivity contribution >= 4 is 0 Å². The third-order valence-electron chi connectivity index (χ3n) is 5.34. The molecule has 2 fully saturated rings. The normalized spacial score (nSPS) is 25.6. The summed E-state index contributed by atoms with van der Waals surface area (Å²) in [5.41, 5.74) is 2.13. The van der Waals surface area contributed by atoms with Crippen molar-refractivity contribution in [3.8, 4) is 11.5 Å². The molecule has 0 aliphatic carbocycles. The molecule has 2 aromatic rings. The Morgan fingerprint density at radius 3 is 1.50 bits per heavy atom. The first kappa shape index (κ1) is 21.1. The van der Waals surface area contributed by atoms with Gasteiger partial charge in [0.2, 0.25) is 0 Å². The second-order valence-corrected chi connectivity index (χ2v) is 7.50. The lowest BCUT2D eigenvalue weighted by Gasteiger charge is -2.06. The standard InChI is InChI=1S/C23H28O7/c1-25-17-7-3-15(4-8-17)11-27-13-19-22(29-19)21(24)23-20(30-23)14-28-12-16-5-9-18(26-2)10-6-16/h3-10,19-24H,11-14H2,1-2H3/t19-,20+,21?,22-,23+. The van der Waals surface area contributed by atoms with Crippen LogP contribution in [0.3, 0.4) is 0 Å². The van der Waals surface area contributed by atoms with Crippen LogP contribution in [0.1, 0.15) is 11.1 Å². The van der Waals surface area contributed by atoms with Gasteiger partial charge in [-0.15, -0.1) is 0 Å². The fourth-order valence-corrected chi connectivity index (χ4v) is 3.40. The summed E-state index contributed by atoms with van der Waals surface area (Å²) >= 11 is 0. The molecule has 0 amide bonds. The minimum Gasteiger partial charge on any atom is -0.497 e. The van der Waals surface area contributed by atoms with Gasteiger partial charge in [-0.25, -0.2) is 0 Å². The predicted molar refractivity (Wildman–Crippen MR) is 109 cm³/mol. The van der Waals surface area contributed by atoms with E-state index in [0.717, 1.165) is 22.6 Å². The fraction of sp³-hybridized carbons (Fsp3) is 0.478. The maximum Gasteiger partial charge on any atom is 0.118 e. The van der Waals surface area contributed by atoms with Gasteiger partial charge in [0.1, 0.15) is 42.0 Å². The highest BCUT2D eigenvalue weighted by Crippen LogP contribution is 2.36. The first-order valence-electron chi connectivity index (χ1n) is 10.1. The van der Waals surface area contributed by atoms with Gasteiger partial charge in [0.05, 0.1) is 40.6 Å². The number of aliphatic hydroxyl groups is 1. The van der Waals surface area contributed by atoms with Crippen molar-refractivity contribution in [3.63, 3.8) is 0 Å².